The van der Waals surface area contributed by atoms with Crippen molar-refractivity contribution in [2.45, 2.75) is 149 Å². The fraction of sp³-hybridized carbons (Fsp3) is 0.717. The van der Waals surface area contributed by atoms with Gasteiger partial charge in [0.2, 0.25) is 0 Å². The standard InChI is InChI=1S/C23H36ClN5O4.C13H19ClN4O2.C10H17NO3/c1-7-16-14-28(20-19(24)26-18(12-25-20)21(30)32-6)15(2)13-29(16)17-8-10-27(11-9-17)22(31)33-23(3,4)5;1-4-9-7-18(8(2)5-15-9)12-11(14)17-10(6-16-12)13(19)20-3;1-10(2,3)14-9(13)11-6-4-8(12)5-7-11/h12,15-17H,7-11,13-14H2,1-6H3;6,8-9,15H,4-5,7H2,1-3H3;4-7H2,1-3H3/t15-,16+;8-,9+;/m11./s1. The highest BCUT2D eigenvalue weighted by molar-refractivity contribution is 6.32. The third-order valence-corrected chi connectivity index (χ3v) is 12.3. The predicted molar refractivity (Wildman–Crippen MR) is 256 cm³/mol. The molecule has 1 N–H and O–H groups in total. The van der Waals surface area contributed by atoms with E-state index >= 15 is 0 Å². The van der Waals surface area contributed by atoms with Crippen LogP contribution in [0, 0.1) is 0 Å². The SMILES string of the molecule is CC(C)(C)OC(=O)N1CCC(=O)CC1.CC[C@H]1CN(c2ncc(C(=O)OC)nc2Cl)[C@H](C)CN1.CC[C@H]1CN(c2ncc(C(=O)OC)nc2Cl)[C@H](C)CN1C1CCN(C(=O)OC(C)(C)C)CC1. The fourth-order valence-electron chi connectivity index (χ4n) is 8.15. The van der Waals surface area contributed by atoms with Crippen molar-refractivity contribution in [2.75, 3.05) is 76.4 Å². The highest BCUT2D eigenvalue weighted by Crippen LogP contribution is 2.32. The number of aromatic nitrogens is 4. The summed E-state index contributed by atoms with van der Waals surface area (Å²) in [5.41, 5.74) is -0.720. The van der Waals surface area contributed by atoms with Gasteiger partial charge in [0.25, 0.3) is 0 Å². The number of piperazine rings is 2. The summed E-state index contributed by atoms with van der Waals surface area (Å²) in [4.78, 5) is 85.3. The second-order valence-electron chi connectivity index (χ2n) is 19.2. The van der Waals surface area contributed by atoms with E-state index in [0.717, 1.165) is 51.9 Å². The molecule has 6 rings (SSSR count). The molecule has 0 aliphatic carbocycles. The number of hydrogen-bond donors (Lipinski definition) is 1. The van der Waals surface area contributed by atoms with E-state index in [1.165, 1.54) is 26.6 Å². The molecule has 0 unspecified atom stereocenters. The van der Waals surface area contributed by atoms with E-state index in [-0.39, 0.29) is 51.7 Å². The van der Waals surface area contributed by atoms with E-state index in [9.17, 15) is 24.0 Å². The van der Waals surface area contributed by atoms with Gasteiger partial charge >= 0.3 is 24.1 Å². The predicted octanol–water partition coefficient (Wildman–Crippen LogP) is 6.68. The van der Waals surface area contributed by atoms with Crippen LogP contribution < -0.4 is 15.1 Å². The Bertz CT molecular complexity index is 2000. The number of ether oxygens (including phenoxy) is 4. The summed E-state index contributed by atoms with van der Waals surface area (Å²) in [7, 11) is 2.60. The number of Topliss-reactive ketones (excluding diaryl/α,β-unsaturated/α-hetero) is 1. The van der Waals surface area contributed by atoms with Crippen molar-refractivity contribution in [3.8, 4) is 0 Å². The minimum atomic E-state index is -0.557. The average molecular weight is 980 g/mol. The molecule has 4 atom stereocenters. The van der Waals surface area contributed by atoms with Gasteiger partial charge in [-0.15, -0.1) is 0 Å². The minimum Gasteiger partial charge on any atom is -0.464 e. The van der Waals surface area contributed by atoms with Crippen LogP contribution >= 0.6 is 23.2 Å². The van der Waals surface area contributed by atoms with Gasteiger partial charge in [0.05, 0.1) is 26.6 Å². The number of esters is 2. The summed E-state index contributed by atoms with van der Waals surface area (Å²) < 4.78 is 20.0. The van der Waals surface area contributed by atoms with Crippen molar-refractivity contribution in [1.82, 2.24) is 40.0 Å². The van der Waals surface area contributed by atoms with Crippen molar-refractivity contribution < 1.29 is 42.9 Å². The molecule has 67 heavy (non-hydrogen) atoms. The molecule has 21 heteroatoms. The highest BCUT2D eigenvalue weighted by Gasteiger charge is 2.39. The number of halogens is 2. The molecule has 2 aromatic rings. The Kier molecular flexibility index (Phi) is 20.2. The first-order valence-electron chi connectivity index (χ1n) is 23.2. The van der Waals surface area contributed by atoms with E-state index in [4.69, 9.17) is 37.4 Å². The largest absolute Gasteiger partial charge is 0.464 e. The molecule has 4 saturated heterocycles. The topological polar surface area (TPSA) is 202 Å². The number of amides is 2. The maximum Gasteiger partial charge on any atom is 0.410 e. The van der Waals surface area contributed by atoms with Crippen LogP contribution in [0.15, 0.2) is 12.4 Å². The number of piperidine rings is 2. The van der Waals surface area contributed by atoms with Crippen LogP contribution in [0.4, 0.5) is 21.2 Å². The highest BCUT2D eigenvalue weighted by atomic mass is 35.5. The molecule has 0 radical (unpaired) electrons. The first-order valence-corrected chi connectivity index (χ1v) is 24.0. The van der Waals surface area contributed by atoms with Gasteiger partial charge in [-0.2, -0.15) is 0 Å². The van der Waals surface area contributed by atoms with Crippen molar-refractivity contribution in [1.29, 1.82) is 0 Å². The number of hydrogen-bond acceptors (Lipinski definition) is 17. The van der Waals surface area contributed by atoms with Crippen LogP contribution in [0.2, 0.25) is 10.3 Å². The summed E-state index contributed by atoms with van der Waals surface area (Å²) in [6.07, 6.45) is 7.07. The van der Waals surface area contributed by atoms with E-state index in [1.807, 2.05) is 46.4 Å². The van der Waals surface area contributed by atoms with Crippen molar-refractivity contribution >= 4 is 64.7 Å². The molecule has 0 saturated carbocycles. The lowest BCUT2D eigenvalue weighted by Gasteiger charge is -2.50. The fourth-order valence-corrected chi connectivity index (χ4v) is 8.65. The zero-order valence-electron chi connectivity index (χ0n) is 41.4. The molecule has 19 nitrogen and oxygen atoms in total. The van der Waals surface area contributed by atoms with Crippen LogP contribution in [0.5, 0.6) is 0 Å². The molecule has 4 aliphatic heterocycles. The second kappa shape index (κ2) is 24.6. The monoisotopic (exact) mass is 978 g/mol. The van der Waals surface area contributed by atoms with Crippen molar-refractivity contribution in [2.24, 2.45) is 0 Å². The van der Waals surface area contributed by atoms with Gasteiger partial charge in [0, 0.05) is 95.4 Å². The average Bonchev–Trinajstić information content (AvgIpc) is 3.28. The van der Waals surface area contributed by atoms with Crippen molar-refractivity contribution in [3.63, 3.8) is 0 Å². The lowest BCUT2D eigenvalue weighted by atomic mass is 9.96. The maximum absolute atomic E-state index is 12.4. The number of rotatable bonds is 7. The molecule has 0 aromatic carbocycles. The van der Waals surface area contributed by atoms with E-state index in [1.54, 1.807) is 4.90 Å². The number of anilines is 2. The Labute approximate surface area is 405 Å². The van der Waals surface area contributed by atoms with Gasteiger partial charge in [-0.1, -0.05) is 37.0 Å². The van der Waals surface area contributed by atoms with Crippen LogP contribution in [-0.2, 0) is 23.7 Å². The number of likely N-dealkylation sites (tertiary alicyclic amines) is 2. The van der Waals surface area contributed by atoms with Crippen LogP contribution in [0.3, 0.4) is 0 Å². The van der Waals surface area contributed by atoms with Crippen LogP contribution in [0.1, 0.15) is 129 Å². The second-order valence-corrected chi connectivity index (χ2v) is 19.9. The third kappa shape index (κ3) is 16.0. The summed E-state index contributed by atoms with van der Waals surface area (Å²) >= 11 is 12.6. The number of nitrogens with one attached hydrogen (secondary N) is 1. The molecular formula is C46H72Cl2N10O9. The summed E-state index contributed by atoms with van der Waals surface area (Å²) in [5, 5.41) is 3.91. The zero-order valence-corrected chi connectivity index (χ0v) is 42.9. The van der Waals surface area contributed by atoms with Gasteiger partial charge < -0.3 is 43.9 Å². The Morgan fingerprint density at radius 2 is 1.16 bits per heavy atom. The quantitative estimate of drug-likeness (QED) is 0.227. The van der Waals surface area contributed by atoms with Gasteiger partial charge in [0.1, 0.15) is 17.0 Å². The van der Waals surface area contributed by atoms with Crippen molar-refractivity contribution in [3.05, 3.63) is 34.1 Å². The molecule has 2 amide bonds. The van der Waals surface area contributed by atoms with Gasteiger partial charge in [-0.25, -0.2) is 39.1 Å². The number of nitrogens with zero attached hydrogens (tertiary/aromatic N) is 9. The molecule has 4 fully saturated rings. The molecule has 2 aromatic heterocycles. The minimum absolute atomic E-state index is 0.0985. The Morgan fingerprint density at radius 3 is 1.58 bits per heavy atom. The van der Waals surface area contributed by atoms with E-state index < -0.39 is 23.1 Å². The Morgan fingerprint density at radius 1 is 0.701 bits per heavy atom. The van der Waals surface area contributed by atoms with E-state index in [0.29, 0.717) is 68.8 Å². The van der Waals surface area contributed by atoms with E-state index in [2.05, 4.69) is 72.4 Å². The molecule has 0 bridgehead atoms. The zero-order chi connectivity index (χ0) is 49.8. The molecular weight excluding hydrogens is 907 g/mol. The van der Waals surface area contributed by atoms with Gasteiger partial charge in [-0.3, -0.25) is 9.69 Å². The first-order chi connectivity index (χ1) is 31.5. The first kappa shape index (κ1) is 55.0. The van der Waals surface area contributed by atoms with Gasteiger partial charge in [0.15, 0.2) is 33.3 Å². The number of carbonyl (C=O) groups is 5. The molecule has 374 valence electrons. The smallest absolute Gasteiger partial charge is 0.410 e. The summed E-state index contributed by atoms with van der Waals surface area (Å²) in [5.74, 6) is 0.343. The molecule has 6 heterocycles. The lowest BCUT2D eigenvalue weighted by molar-refractivity contribution is -0.121. The van der Waals surface area contributed by atoms with Gasteiger partial charge in [-0.05, 0) is 81.1 Å². The summed E-state index contributed by atoms with van der Waals surface area (Å²) in [6, 6.07) is 1.60. The molecule has 4 aliphatic rings. The number of methoxy groups -OCH3 is 2. The maximum atomic E-state index is 12.4. The Hall–Kier alpha value is -4.59. The van der Waals surface area contributed by atoms with Crippen LogP contribution in [-0.4, -0.2) is 173 Å². The number of carbonyl (C=O) groups excluding carboxylic acids is 5. The normalized spacial score (nSPS) is 21.9. The third-order valence-electron chi connectivity index (χ3n) is 11.8. The summed E-state index contributed by atoms with van der Waals surface area (Å²) in [6.45, 7) is 25.5. The lowest BCUT2D eigenvalue weighted by Crippen LogP contribution is -2.62. The van der Waals surface area contributed by atoms with Crippen LogP contribution in [0.25, 0.3) is 0 Å². The number of ketones is 1. The Balaban J connectivity index is 0.000000244. The molecule has 0 spiro atoms.